The third-order valence-electron chi connectivity index (χ3n) is 4.23. The van der Waals surface area contributed by atoms with Crippen LogP contribution in [0, 0.1) is 0 Å². The summed E-state index contributed by atoms with van der Waals surface area (Å²) >= 11 is 0. The number of piperidine rings is 1. The number of likely N-dealkylation sites (tertiary alicyclic amines) is 1. The van der Waals surface area contributed by atoms with Gasteiger partial charge in [0.25, 0.3) is 0 Å². The van der Waals surface area contributed by atoms with Crippen LogP contribution in [-0.2, 0) is 4.79 Å². The van der Waals surface area contributed by atoms with Gasteiger partial charge >= 0.3 is 0 Å². The van der Waals surface area contributed by atoms with Gasteiger partial charge in [-0.3, -0.25) is 14.8 Å². The highest BCUT2D eigenvalue weighted by molar-refractivity contribution is 5.78. The number of pyridine rings is 2. The maximum Gasteiger partial charge on any atom is 0.236 e. The van der Waals surface area contributed by atoms with Crippen molar-refractivity contribution in [2.45, 2.75) is 18.8 Å². The number of amides is 1. The van der Waals surface area contributed by atoms with Gasteiger partial charge in [0.1, 0.15) is 0 Å². The van der Waals surface area contributed by atoms with Crippen molar-refractivity contribution < 1.29 is 4.79 Å². The molecule has 0 bridgehead atoms. The molecular formula is C17H22N4O. The van der Waals surface area contributed by atoms with Crippen molar-refractivity contribution >= 4 is 16.8 Å². The summed E-state index contributed by atoms with van der Waals surface area (Å²) < 4.78 is 0. The molecule has 5 nitrogen and oxygen atoms in total. The molecule has 2 aromatic rings. The van der Waals surface area contributed by atoms with Gasteiger partial charge in [0.15, 0.2) is 0 Å². The van der Waals surface area contributed by atoms with Crippen molar-refractivity contribution in [1.29, 1.82) is 0 Å². The smallest absolute Gasteiger partial charge is 0.236 e. The molecule has 116 valence electrons. The lowest BCUT2D eigenvalue weighted by Crippen LogP contribution is -2.42. The normalized spacial score (nSPS) is 16.4. The summed E-state index contributed by atoms with van der Waals surface area (Å²) in [6.45, 7) is 2.13. The molecule has 5 heteroatoms. The summed E-state index contributed by atoms with van der Waals surface area (Å²) in [5.74, 6) is 0.645. The highest BCUT2D eigenvalue weighted by atomic mass is 16.2. The van der Waals surface area contributed by atoms with Crippen molar-refractivity contribution in [1.82, 2.24) is 19.8 Å². The third kappa shape index (κ3) is 3.25. The predicted molar refractivity (Wildman–Crippen MR) is 86.6 cm³/mol. The number of rotatable bonds is 3. The maximum absolute atomic E-state index is 12.1. The molecule has 0 aromatic carbocycles. The van der Waals surface area contributed by atoms with Crippen LogP contribution in [-0.4, -0.2) is 59.4 Å². The molecule has 1 fully saturated rings. The second-order valence-corrected chi connectivity index (χ2v) is 6.20. The molecule has 0 N–H and O–H groups in total. The average molecular weight is 298 g/mol. The fraction of sp³-hybridized carbons (Fsp3) is 0.471. The van der Waals surface area contributed by atoms with Crippen LogP contribution in [0.25, 0.3) is 10.9 Å². The Morgan fingerprint density at radius 3 is 2.82 bits per heavy atom. The molecule has 0 saturated carbocycles. The van der Waals surface area contributed by atoms with E-state index in [-0.39, 0.29) is 5.91 Å². The summed E-state index contributed by atoms with van der Waals surface area (Å²) in [5.41, 5.74) is 2.10. The van der Waals surface area contributed by atoms with Gasteiger partial charge in [-0.25, -0.2) is 0 Å². The number of aromatic nitrogens is 2. The minimum atomic E-state index is 0.219. The van der Waals surface area contributed by atoms with E-state index in [2.05, 4.69) is 16.0 Å². The van der Waals surface area contributed by atoms with Crippen LogP contribution in [0.4, 0.5) is 0 Å². The lowest BCUT2D eigenvalue weighted by atomic mass is 9.92. The van der Waals surface area contributed by atoms with E-state index in [1.165, 1.54) is 0 Å². The number of fused-ring (bicyclic) bond motifs is 1. The molecule has 1 aliphatic heterocycles. The molecule has 3 rings (SSSR count). The summed E-state index contributed by atoms with van der Waals surface area (Å²) in [5, 5.41) is 1.07. The number of nitrogens with zero attached hydrogens (tertiary/aromatic N) is 4. The first-order chi connectivity index (χ1) is 10.6. The Morgan fingerprint density at radius 2 is 2.09 bits per heavy atom. The van der Waals surface area contributed by atoms with Crippen LogP contribution >= 0.6 is 0 Å². The predicted octanol–water partition coefficient (Wildman–Crippen LogP) is 1.90. The van der Waals surface area contributed by atoms with Gasteiger partial charge in [0.2, 0.25) is 5.91 Å². The van der Waals surface area contributed by atoms with E-state index in [0.29, 0.717) is 12.5 Å². The van der Waals surface area contributed by atoms with Crippen molar-refractivity contribution in [2.24, 2.45) is 0 Å². The number of likely N-dealkylation sites (N-methyl/N-ethyl adjacent to an activating group) is 1. The molecule has 0 radical (unpaired) electrons. The van der Waals surface area contributed by atoms with Gasteiger partial charge < -0.3 is 9.80 Å². The summed E-state index contributed by atoms with van der Waals surface area (Å²) in [7, 11) is 3.85. The molecule has 0 aliphatic carbocycles. The molecule has 1 aliphatic rings. The highest BCUT2D eigenvalue weighted by Gasteiger charge is 2.24. The molecule has 1 amide bonds. The topological polar surface area (TPSA) is 49.3 Å². The monoisotopic (exact) mass is 298 g/mol. The molecule has 2 aromatic heterocycles. The lowest BCUT2D eigenvalue weighted by molar-refractivity contribution is -0.132. The van der Waals surface area contributed by atoms with Crippen LogP contribution in [0.15, 0.2) is 30.6 Å². The molecule has 0 spiro atoms. The van der Waals surface area contributed by atoms with Gasteiger partial charge in [-0.15, -0.1) is 0 Å². The van der Waals surface area contributed by atoms with Crippen molar-refractivity contribution in [3.63, 3.8) is 0 Å². The van der Waals surface area contributed by atoms with Gasteiger partial charge in [-0.2, -0.15) is 0 Å². The second-order valence-electron chi connectivity index (χ2n) is 6.20. The van der Waals surface area contributed by atoms with Gasteiger partial charge in [-0.1, -0.05) is 0 Å². The van der Waals surface area contributed by atoms with Crippen LogP contribution in [0.3, 0.4) is 0 Å². The Bertz CT molecular complexity index is 663. The molecule has 0 atom stereocenters. The minimum Gasteiger partial charge on any atom is -0.342 e. The zero-order valence-electron chi connectivity index (χ0n) is 13.2. The Kier molecular flexibility index (Phi) is 4.34. The summed E-state index contributed by atoms with van der Waals surface area (Å²) in [6.07, 6.45) is 5.67. The van der Waals surface area contributed by atoms with Gasteiger partial charge in [-0.05, 0) is 45.1 Å². The first-order valence-electron chi connectivity index (χ1n) is 7.76. The fourth-order valence-corrected chi connectivity index (χ4v) is 3.00. The second kappa shape index (κ2) is 6.40. The Hall–Kier alpha value is -2.01. The first-order valence-corrected chi connectivity index (χ1v) is 7.76. The SMILES string of the molecule is CN(C)CC(=O)N1CCC(c2cc3ncccc3cn2)CC1. The molecular weight excluding hydrogens is 276 g/mol. The van der Waals surface area contributed by atoms with Gasteiger partial charge in [0.05, 0.1) is 12.1 Å². The Balaban J connectivity index is 1.66. The van der Waals surface area contributed by atoms with Crippen LogP contribution in [0.5, 0.6) is 0 Å². The van der Waals surface area contributed by atoms with Crippen LogP contribution < -0.4 is 0 Å². The van der Waals surface area contributed by atoms with E-state index in [0.717, 1.165) is 42.5 Å². The largest absolute Gasteiger partial charge is 0.342 e. The van der Waals surface area contributed by atoms with Gasteiger partial charge in [0, 0.05) is 42.5 Å². The molecule has 22 heavy (non-hydrogen) atoms. The van der Waals surface area contributed by atoms with E-state index in [1.54, 1.807) is 0 Å². The van der Waals surface area contributed by atoms with Crippen LogP contribution in [0.1, 0.15) is 24.5 Å². The average Bonchev–Trinajstić information content (AvgIpc) is 2.54. The van der Waals surface area contributed by atoms with Crippen molar-refractivity contribution in [3.05, 3.63) is 36.3 Å². The van der Waals surface area contributed by atoms with Crippen LogP contribution in [0.2, 0.25) is 0 Å². The Labute approximate surface area is 131 Å². The lowest BCUT2D eigenvalue weighted by Gasteiger charge is -2.32. The fourth-order valence-electron chi connectivity index (χ4n) is 3.00. The van der Waals surface area contributed by atoms with E-state index in [4.69, 9.17) is 0 Å². The van der Waals surface area contributed by atoms with E-state index < -0.39 is 0 Å². The van der Waals surface area contributed by atoms with Crippen molar-refractivity contribution in [3.8, 4) is 0 Å². The quantitative estimate of drug-likeness (QED) is 0.868. The van der Waals surface area contributed by atoms with Crippen molar-refractivity contribution in [2.75, 3.05) is 33.7 Å². The number of carbonyl (C=O) groups excluding carboxylic acids is 1. The molecule has 1 saturated heterocycles. The minimum absolute atomic E-state index is 0.219. The number of carbonyl (C=O) groups is 1. The zero-order valence-corrected chi connectivity index (χ0v) is 13.2. The summed E-state index contributed by atoms with van der Waals surface area (Å²) in [4.78, 5) is 25.0. The number of hydrogen-bond acceptors (Lipinski definition) is 4. The Morgan fingerprint density at radius 1 is 1.32 bits per heavy atom. The molecule has 3 heterocycles. The van der Waals surface area contributed by atoms with E-state index in [9.17, 15) is 4.79 Å². The number of hydrogen-bond donors (Lipinski definition) is 0. The highest BCUT2D eigenvalue weighted by Crippen LogP contribution is 2.28. The molecule has 0 unspecified atom stereocenters. The summed E-state index contributed by atoms with van der Waals surface area (Å²) in [6, 6.07) is 6.05. The maximum atomic E-state index is 12.1. The zero-order chi connectivity index (χ0) is 15.5. The third-order valence-corrected chi connectivity index (χ3v) is 4.23. The van der Waals surface area contributed by atoms with E-state index >= 15 is 0 Å². The van der Waals surface area contributed by atoms with E-state index in [1.807, 2.05) is 48.4 Å². The standard InChI is InChI=1S/C17H22N4O/c1-20(2)12-17(22)21-8-5-13(6-9-21)15-10-16-14(11-19-15)4-3-7-18-16/h3-4,7,10-11,13H,5-6,8-9,12H2,1-2H3. The first kappa shape index (κ1) is 14.9.